The monoisotopic (exact) mass is 466 g/mol. The largest absolute Gasteiger partial charge is 0.481 e. The van der Waals surface area contributed by atoms with Gasteiger partial charge in [-0.15, -0.1) is 11.8 Å². The third-order valence-corrected chi connectivity index (χ3v) is 6.19. The normalized spacial score (nSPS) is 11.4. The van der Waals surface area contributed by atoms with E-state index in [0.29, 0.717) is 40.8 Å². The zero-order chi connectivity index (χ0) is 21.7. The molecule has 0 aliphatic carbocycles. The summed E-state index contributed by atoms with van der Waals surface area (Å²) in [5, 5.41) is 11.9. The predicted molar refractivity (Wildman–Crippen MR) is 115 cm³/mol. The minimum atomic E-state index is -3.89. The molecule has 0 bridgehead atoms. The number of amides is 1. The van der Waals surface area contributed by atoms with E-state index in [1.165, 1.54) is 18.0 Å². The summed E-state index contributed by atoms with van der Waals surface area (Å²) in [4.78, 5) is 45.2. The topological polar surface area (TPSA) is 137 Å². The van der Waals surface area contributed by atoms with Crippen LogP contribution < -0.4 is 5.32 Å². The number of unbranched alkanes of at least 4 members (excludes halogenated alkanes) is 5. The molecule has 0 unspecified atom stereocenters. The Morgan fingerprint density at radius 3 is 2.38 bits per heavy atom. The molecule has 1 aromatic heterocycles. The van der Waals surface area contributed by atoms with Gasteiger partial charge in [0.15, 0.2) is 0 Å². The summed E-state index contributed by atoms with van der Waals surface area (Å²) in [6.07, 6.45) is 7.01. The first-order chi connectivity index (χ1) is 13.7. The van der Waals surface area contributed by atoms with Crippen LogP contribution in [0.25, 0.3) is 0 Å². The molecule has 11 heteroatoms. The molecule has 1 heterocycles. The lowest BCUT2D eigenvalue weighted by atomic mass is 10.1. The maximum absolute atomic E-state index is 12.2. The van der Waals surface area contributed by atoms with Crippen molar-refractivity contribution >= 4 is 48.7 Å². The van der Waals surface area contributed by atoms with E-state index in [2.05, 4.69) is 10.3 Å². The number of carboxylic acid groups (broad SMARTS) is 1. The number of aromatic nitrogens is 1. The van der Waals surface area contributed by atoms with Crippen molar-refractivity contribution in [2.24, 2.45) is 0 Å². The van der Waals surface area contributed by atoms with Crippen molar-refractivity contribution in [3.05, 3.63) is 17.3 Å². The first-order valence-corrected chi connectivity index (χ1v) is 12.7. The molecule has 1 aromatic rings. The van der Waals surface area contributed by atoms with E-state index in [1.807, 2.05) is 0 Å². The smallest absolute Gasteiger partial charge is 0.325 e. The van der Waals surface area contributed by atoms with Gasteiger partial charge in [0.1, 0.15) is 5.82 Å². The highest BCUT2D eigenvalue weighted by Gasteiger charge is 2.12. The van der Waals surface area contributed by atoms with Crippen LogP contribution in [0.2, 0.25) is 5.02 Å². The van der Waals surface area contributed by atoms with Crippen LogP contribution >= 0.6 is 31.0 Å². The second-order valence-corrected chi connectivity index (χ2v) is 10.0. The fourth-order valence-corrected chi connectivity index (χ4v) is 4.35. The van der Waals surface area contributed by atoms with Gasteiger partial charge < -0.3 is 20.2 Å². The van der Waals surface area contributed by atoms with E-state index >= 15 is 0 Å². The molecule has 0 saturated carbocycles. The SMILES string of the molecule is O=C(O)CCCSc1cc(Cl)cnc1NC(=O)CCCCCCCCP(=O)(O)O. The van der Waals surface area contributed by atoms with Crippen molar-refractivity contribution in [1.29, 1.82) is 0 Å². The lowest BCUT2D eigenvalue weighted by Crippen LogP contribution is -2.13. The molecule has 164 valence electrons. The van der Waals surface area contributed by atoms with Gasteiger partial charge in [0, 0.05) is 25.2 Å². The summed E-state index contributed by atoms with van der Waals surface area (Å²) < 4.78 is 10.7. The molecule has 0 aromatic carbocycles. The number of aliphatic carboxylic acids is 1. The average molecular weight is 467 g/mol. The standard InChI is InChI=1S/C18H28ClN2O6PS/c19-14-12-15(29-11-7-9-17(23)24)18(20-13-14)21-16(22)8-5-3-1-2-4-6-10-28(25,26)27/h12-13H,1-11H2,(H,23,24)(H,20,21,22)(H2,25,26,27). The van der Waals surface area contributed by atoms with Crippen LogP contribution in [0.4, 0.5) is 5.82 Å². The molecule has 8 nitrogen and oxygen atoms in total. The Kier molecular flexibility index (Phi) is 12.5. The number of anilines is 1. The Bertz CT molecular complexity index is 716. The zero-order valence-corrected chi connectivity index (χ0v) is 18.6. The molecule has 1 rings (SSSR count). The van der Waals surface area contributed by atoms with E-state index in [9.17, 15) is 14.2 Å². The number of nitrogens with one attached hydrogen (secondary N) is 1. The molecule has 0 spiro atoms. The third-order valence-electron chi connectivity index (χ3n) is 3.97. The van der Waals surface area contributed by atoms with E-state index < -0.39 is 13.6 Å². The number of nitrogens with zero attached hydrogens (tertiary/aromatic N) is 1. The highest BCUT2D eigenvalue weighted by Crippen LogP contribution is 2.35. The number of hydrogen-bond donors (Lipinski definition) is 4. The summed E-state index contributed by atoms with van der Waals surface area (Å²) >= 11 is 7.38. The molecule has 4 N–H and O–H groups in total. The first kappa shape index (κ1) is 25.9. The molecule has 0 aliphatic rings. The first-order valence-electron chi connectivity index (χ1n) is 9.52. The summed E-state index contributed by atoms with van der Waals surface area (Å²) in [6, 6.07) is 1.70. The number of rotatable bonds is 15. The van der Waals surface area contributed by atoms with Gasteiger partial charge in [-0.2, -0.15) is 0 Å². The highest BCUT2D eigenvalue weighted by molar-refractivity contribution is 7.99. The second-order valence-electron chi connectivity index (χ2n) is 6.65. The second kappa shape index (κ2) is 14.0. The van der Waals surface area contributed by atoms with E-state index in [-0.39, 0.29) is 18.5 Å². The van der Waals surface area contributed by atoms with Crippen LogP contribution in [0.5, 0.6) is 0 Å². The van der Waals surface area contributed by atoms with Crippen molar-refractivity contribution in [1.82, 2.24) is 4.98 Å². The fourth-order valence-electron chi connectivity index (χ4n) is 2.54. The van der Waals surface area contributed by atoms with E-state index in [1.54, 1.807) is 6.07 Å². The van der Waals surface area contributed by atoms with E-state index in [4.69, 9.17) is 26.5 Å². The Hall–Kier alpha value is -1.12. The molecule has 0 radical (unpaired) electrons. The molecular formula is C18H28ClN2O6PS. The average Bonchev–Trinajstić information content (AvgIpc) is 2.62. The Balaban J connectivity index is 2.29. The number of pyridine rings is 1. The minimum Gasteiger partial charge on any atom is -0.481 e. The maximum Gasteiger partial charge on any atom is 0.325 e. The van der Waals surface area contributed by atoms with E-state index in [0.717, 1.165) is 32.1 Å². The number of carbonyl (C=O) groups is 2. The van der Waals surface area contributed by atoms with Gasteiger partial charge in [-0.25, -0.2) is 4.98 Å². The van der Waals surface area contributed by atoms with Crippen molar-refractivity contribution < 1.29 is 29.0 Å². The highest BCUT2D eigenvalue weighted by atomic mass is 35.5. The van der Waals surface area contributed by atoms with Crippen LogP contribution in [-0.4, -0.2) is 43.7 Å². The summed E-state index contributed by atoms with van der Waals surface area (Å²) in [5.41, 5.74) is 0. The van der Waals surface area contributed by atoms with Gasteiger partial charge >= 0.3 is 13.6 Å². The molecule has 1 amide bonds. The van der Waals surface area contributed by atoms with Crippen LogP contribution in [0.1, 0.15) is 57.8 Å². The third kappa shape index (κ3) is 13.7. The molecule has 29 heavy (non-hydrogen) atoms. The quantitative estimate of drug-likeness (QED) is 0.168. The zero-order valence-electron chi connectivity index (χ0n) is 16.2. The Morgan fingerprint density at radius 2 is 1.72 bits per heavy atom. The summed E-state index contributed by atoms with van der Waals surface area (Å²) in [7, 11) is -3.89. The lowest BCUT2D eigenvalue weighted by molar-refractivity contribution is -0.137. The van der Waals surface area contributed by atoms with Gasteiger partial charge in [-0.05, 0) is 31.1 Å². The summed E-state index contributed by atoms with van der Waals surface area (Å²) in [6.45, 7) is 0. The van der Waals surface area contributed by atoms with Gasteiger partial charge in [-0.3, -0.25) is 14.2 Å². The Labute approximate surface area is 180 Å². The van der Waals surface area contributed by atoms with Gasteiger partial charge in [0.25, 0.3) is 0 Å². The molecular weight excluding hydrogens is 439 g/mol. The number of thioether (sulfide) groups is 1. The maximum atomic E-state index is 12.2. The minimum absolute atomic E-state index is 0.0693. The Morgan fingerprint density at radius 1 is 1.07 bits per heavy atom. The van der Waals surface area contributed by atoms with Crippen LogP contribution in [0.3, 0.4) is 0 Å². The molecule has 0 atom stereocenters. The van der Waals surface area contributed by atoms with Crippen LogP contribution in [0.15, 0.2) is 17.2 Å². The van der Waals surface area contributed by atoms with Crippen LogP contribution in [0, 0.1) is 0 Å². The van der Waals surface area contributed by atoms with Crippen LogP contribution in [-0.2, 0) is 14.2 Å². The number of carbonyl (C=O) groups excluding carboxylic acids is 1. The van der Waals surface area contributed by atoms with Crippen molar-refractivity contribution in [3.8, 4) is 0 Å². The summed E-state index contributed by atoms with van der Waals surface area (Å²) in [5.74, 6) is 0.0233. The number of carboxylic acids is 1. The van der Waals surface area contributed by atoms with Gasteiger partial charge in [0.05, 0.1) is 9.92 Å². The van der Waals surface area contributed by atoms with Gasteiger partial charge in [-0.1, -0.05) is 37.3 Å². The van der Waals surface area contributed by atoms with Gasteiger partial charge in [0.2, 0.25) is 5.91 Å². The van der Waals surface area contributed by atoms with Crippen molar-refractivity contribution in [2.75, 3.05) is 17.2 Å². The lowest BCUT2D eigenvalue weighted by Gasteiger charge is -2.10. The molecule has 0 aliphatic heterocycles. The molecule has 0 saturated heterocycles. The number of halogens is 1. The number of hydrogen-bond acceptors (Lipinski definition) is 5. The van der Waals surface area contributed by atoms with Crippen molar-refractivity contribution in [2.45, 2.75) is 62.7 Å². The van der Waals surface area contributed by atoms with Crippen molar-refractivity contribution in [3.63, 3.8) is 0 Å². The molecule has 0 fully saturated rings. The fraction of sp³-hybridized carbons (Fsp3) is 0.611. The predicted octanol–water partition coefficient (Wildman–Crippen LogP) is 4.54.